The Bertz CT molecular complexity index is 710. The summed E-state index contributed by atoms with van der Waals surface area (Å²) in [5.74, 6) is -1.18. The molecule has 2 aromatic rings. The summed E-state index contributed by atoms with van der Waals surface area (Å²) in [5, 5.41) is 0. The SMILES string of the molecule is CC1(C)OC(=O)CC(=O)O1.Ic1ccccc1OCc1ccccc1. The maximum Gasteiger partial charge on any atom is 0.320 e. The van der Waals surface area contributed by atoms with Crippen LogP contribution in [0.4, 0.5) is 0 Å². The Labute approximate surface area is 160 Å². The second-order valence-electron chi connectivity index (χ2n) is 5.73. The average molecular weight is 454 g/mol. The molecule has 1 aliphatic heterocycles. The topological polar surface area (TPSA) is 61.8 Å². The Hall–Kier alpha value is -2.09. The van der Waals surface area contributed by atoms with Crippen LogP contribution in [0.25, 0.3) is 0 Å². The van der Waals surface area contributed by atoms with Crippen LogP contribution in [0.2, 0.25) is 0 Å². The van der Waals surface area contributed by atoms with Gasteiger partial charge in [-0.25, -0.2) is 0 Å². The maximum absolute atomic E-state index is 10.6. The summed E-state index contributed by atoms with van der Waals surface area (Å²) in [6, 6.07) is 18.2. The number of halogens is 1. The highest BCUT2D eigenvalue weighted by Crippen LogP contribution is 2.20. The van der Waals surface area contributed by atoms with Crippen molar-refractivity contribution in [3.05, 3.63) is 63.7 Å². The fourth-order valence-electron chi connectivity index (χ4n) is 2.06. The monoisotopic (exact) mass is 454 g/mol. The second kappa shape index (κ2) is 8.84. The van der Waals surface area contributed by atoms with Crippen LogP contribution in [0.3, 0.4) is 0 Å². The molecule has 1 fully saturated rings. The molecular formula is C19H19IO5. The lowest BCUT2D eigenvalue weighted by atomic mass is 10.2. The van der Waals surface area contributed by atoms with Gasteiger partial charge in [-0.15, -0.1) is 0 Å². The first kappa shape index (κ1) is 19.2. The molecular weight excluding hydrogens is 435 g/mol. The summed E-state index contributed by atoms with van der Waals surface area (Å²) in [6.45, 7) is 3.66. The summed E-state index contributed by atoms with van der Waals surface area (Å²) >= 11 is 2.28. The van der Waals surface area contributed by atoms with Crippen LogP contribution in [0.5, 0.6) is 5.75 Å². The zero-order chi connectivity index (χ0) is 18.3. The van der Waals surface area contributed by atoms with Crippen LogP contribution in [0.15, 0.2) is 54.6 Å². The summed E-state index contributed by atoms with van der Waals surface area (Å²) in [5.41, 5.74) is 1.19. The van der Waals surface area contributed by atoms with E-state index in [4.69, 9.17) is 4.74 Å². The van der Waals surface area contributed by atoms with Gasteiger partial charge in [0.25, 0.3) is 5.79 Å². The van der Waals surface area contributed by atoms with Gasteiger partial charge in [0.2, 0.25) is 0 Å². The number of carbonyl (C=O) groups excluding carboxylic acids is 2. The number of hydrogen-bond acceptors (Lipinski definition) is 5. The molecule has 25 heavy (non-hydrogen) atoms. The Balaban J connectivity index is 0.000000196. The zero-order valence-corrected chi connectivity index (χ0v) is 16.2. The fourth-order valence-corrected chi connectivity index (χ4v) is 2.60. The minimum Gasteiger partial charge on any atom is -0.488 e. The van der Waals surface area contributed by atoms with Gasteiger partial charge >= 0.3 is 11.9 Å². The molecule has 0 aromatic heterocycles. The smallest absolute Gasteiger partial charge is 0.320 e. The molecule has 5 nitrogen and oxygen atoms in total. The molecule has 0 aliphatic carbocycles. The largest absolute Gasteiger partial charge is 0.488 e. The second-order valence-corrected chi connectivity index (χ2v) is 6.89. The third-order valence-electron chi connectivity index (χ3n) is 3.08. The van der Waals surface area contributed by atoms with Crippen LogP contribution in [0, 0.1) is 3.57 Å². The third-order valence-corrected chi connectivity index (χ3v) is 3.97. The Morgan fingerprint density at radius 2 is 1.52 bits per heavy atom. The Kier molecular flexibility index (Phi) is 6.81. The lowest BCUT2D eigenvalue weighted by molar-refractivity contribution is -0.231. The van der Waals surface area contributed by atoms with Crippen LogP contribution in [0.1, 0.15) is 25.8 Å². The van der Waals surface area contributed by atoms with Crippen LogP contribution < -0.4 is 4.74 Å². The molecule has 0 atom stereocenters. The summed E-state index contributed by atoms with van der Waals surface area (Å²) in [6.07, 6.45) is -0.274. The van der Waals surface area contributed by atoms with Gasteiger partial charge in [-0.2, -0.15) is 0 Å². The highest BCUT2D eigenvalue weighted by atomic mass is 127. The van der Waals surface area contributed by atoms with Crippen molar-refractivity contribution < 1.29 is 23.8 Å². The molecule has 3 rings (SSSR count). The molecule has 1 saturated heterocycles. The number of cyclic esters (lactones) is 2. The Morgan fingerprint density at radius 1 is 0.960 bits per heavy atom. The minimum absolute atomic E-state index is 0.274. The maximum atomic E-state index is 10.6. The van der Waals surface area contributed by atoms with Crippen LogP contribution in [-0.2, 0) is 25.7 Å². The first-order chi connectivity index (χ1) is 11.9. The molecule has 0 N–H and O–H groups in total. The third kappa shape index (κ3) is 6.74. The molecule has 0 unspecified atom stereocenters. The molecule has 1 heterocycles. The van der Waals surface area contributed by atoms with E-state index in [1.807, 2.05) is 42.5 Å². The van der Waals surface area contributed by atoms with Crippen molar-refractivity contribution in [2.24, 2.45) is 0 Å². The number of benzene rings is 2. The van der Waals surface area contributed by atoms with Crippen molar-refractivity contribution in [1.29, 1.82) is 0 Å². The number of para-hydroxylation sites is 1. The summed E-state index contributed by atoms with van der Waals surface area (Å²) in [4.78, 5) is 21.1. The van der Waals surface area contributed by atoms with Gasteiger partial charge in [-0.05, 0) is 40.3 Å². The number of rotatable bonds is 3. The van der Waals surface area contributed by atoms with E-state index in [0.29, 0.717) is 6.61 Å². The van der Waals surface area contributed by atoms with Gasteiger partial charge in [-0.1, -0.05) is 42.5 Å². The summed E-state index contributed by atoms with van der Waals surface area (Å²) in [7, 11) is 0. The minimum atomic E-state index is -1.08. The van der Waals surface area contributed by atoms with Crippen molar-refractivity contribution >= 4 is 34.5 Å². The van der Waals surface area contributed by atoms with Gasteiger partial charge in [0.05, 0.1) is 3.57 Å². The van der Waals surface area contributed by atoms with Gasteiger partial charge in [0.15, 0.2) is 0 Å². The van der Waals surface area contributed by atoms with E-state index in [9.17, 15) is 9.59 Å². The van der Waals surface area contributed by atoms with E-state index >= 15 is 0 Å². The van der Waals surface area contributed by atoms with Crippen molar-refractivity contribution in [2.45, 2.75) is 32.7 Å². The average Bonchev–Trinajstić information content (AvgIpc) is 2.53. The van der Waals surface area contributed by atoms with Gasteiger partial charge in [0, 0.05) is 13.8 Å². The first-order valence-electron chi connectivity index (χ1n) is 7.71. The first-order valence-corrected chi connectivity index (χ1v) is 8.78. The number of esters is 2. The van der Waals surface area contributed by atoms with Gasteiger partial charge in [0.1, 0.15) is 18.8 Å². The lowest BCUT2D eigenvalue weighted by Crippen LogP contribution is -2.39. The molecule has 132 valence electrons. The number of carbonyl (C=O) groups is 2. The lowest BCUT2D eigenvalue weighted by Gasteiger charge is -2.28. The van der Waals surface area contributed by atoms with Crippen molar-refractivity contribution in [1.82, 2.24) is 0 Å². The molecule has 0 amide bonds. The highest BCUT2D eigenvalue weighted by Gasteiger charge is 2.34. The number of hydrogen-bond donors (Lipinski definition) is 0. The zero-order valence-electron chi connectivity index (χ0n) is 14.0. The molecule has 6 heteroatoms. The van der Waals surface area contributed by atoms with Crippen LogP contribution in [-0.4, -0.2) is 17.7 Å². The summed E-state index contributed by atoms with van der Waals surface area (Å²) < 4.78 is 16.2. The van der Waals surface area contributed by atoms with E-state index in [-0.39, 0.29) is 6.42 Å². The van der Waals surface area contributed by atoms with Crippen molar-refractivity contribution in [2.75, 3.05) is 0 Å². The Morgan fingerprint density at radius 3 is 2.08 bits per heavy atom. The predicted octanol–water partition coefficient (Wildman–Crippen LogP) is 4.08. The quantitative estimate of drug-likeness (QED) is 0.398. The molecule has 0 spiro atoms. The predicted molar refractivity (Wildman–Crippen MR) is 101 cm³/mol. The van der Waals surface area contributed by atoms with Crippen molar-refractivity contribution in [3.8, 4) is 5.75 Å². The molecule has 0 radical (unpaired) electrons. The molecule has 0 saturated carbocycles. The molecule has 0 bridgehead atoms. The van der Waals surface area contributed by atoms with E-state index in [1.165, 1.54) is 19.4 Å². The fraction of sp³-hybridized carbons (Fsp3) is 0.263. The van der Waals surface area contributed by atoms with Crippen LogP contribution >= 0.6 is 22.6 Å². The highest BCUT2D eigenvalue weighted by molar-refractivity contribution is 14.1. The van der Waals surface area contributed by atoms with Gasteiger partial charge in [-0.3, -0.25) is 9.59 Å². The molecule has 2 aromatic carbocycles. The number of ether oxygens (including phenoxy) is 3. The standard InChI is InChI=1S/C13H11IO.C6H8O4/c14-12-8-4-5-9-13(12)15-10-11-6-2-1-3-7-11;1-6(2)9-4(7)3-5(8)10-6/h1-9H,10H2;3H2,1-2H3. The van der Waals surface area contributed by atoms with E-state index in [1.54, 1.807) is 0 Å². The van der Waals surface area contributed by atoms with E-state index in [0.717, 1.165) is 9.32 Å². The van der Waals surface area contributed by atoms with Gasteiger partial charge < -0.3 is 14.2 Å². The molecule has 1 aliphatic rings. The van der Waals surface area contributed by atoms with E-state index in [2.05, 4.69) is 44.2 Å². The van der Waals surface area contributed by atoms with E-state index < -0.39 is 17.7 Å². The normalized spacial score (nSPS) is 15.3. The van der Waals surface area contributed by atoms with Crippen molar-refractivity contribution in [3.63, 3.8) is 0 Å².